The fraction of sp³-hybridized carbons (Fsp3) is 0.500. The summed E-state index contributed by atoms with van der Waals surface area (Å²) in [5.41, 5.74) is 1.39. The van der Waals surface area contributed by atoms with Crippen molar-refractivity contribution in [2.45, 2.75) is 27.2 Å². The first-order valence-electron chi connectivity index (χ1n) is 6.79. The molecule has 0 spiro atoms. The first kappa shape index (κ1) is 16.5. The summed E-state index contributed by atoms with van der Waals surface area (Å²) in [4.78, 5) is 1.92. The zero-order chi connectivity index (χ0) is 15.5. The predicted octanol–water partition coefficient (Wildman–Crippen LogP) is 4.35. The van der Waals surface area contributed by atoms with Crippen LogP contribution in [0.25, 0.3) is 5.70 Å². The van der Waals surface area contributed by atoms with Gasteiger partial charge in [-0.2, -0.15) is 0 Å². The molecular weight excluding hydrogens is 258 g/mol. The van der Waals surface area contributed by atoms with Crippen molar-refractivity contribution in [3.8, 4) is 0 Å². The van der Waals surface area contributed by atoms with Crippen LogP contribution in [0.15, 0.2) is 18.7 Å². The van der Waals surface area contributed by atoms with Crippen LogP contribution in [-0.4, -0.2) is 25.5 Å². The molecule has 0 unspecified atom stereocenters. The summed E-state index contributed by atoms with van der Waals surface area (Å²) in [6, 6.07) is 2.17. The second-order valence-electron chi connectivity index (χ2n) is 5.88. The molecule has 0 heterocycles. The summed E-state index contributed by atoms with van der Waals surface area (Å²) < 4.78 is 27.3. The van der Waals surface area contributed by atoms with Gasteiger partial charge in [0.25, 0.3) is 0 Å². The summed E-state index contributed by atoms with van der Waals surface area (Å²) >= 11 is 0. The molecule has 1 rings (SSSR count). The molecule has 1 aromatic rings. The molecule has 0 aromatic heterocycles. The fourth-order valence-corrected chi connectivity index (χ4v) is 2.10. The normalized spacial score (nSPS) is 11.3. The van der Waals surface area contributed by atoms with Crippen molar-refractivity contribution in [1.29, 1.82) is 0 Å². The fourth-order valence-electron chi connectivity index (χ4n) is 2.10. The Labute approximate surface area is 120 Å². The quantitative estimate of drug-likeness (QED) is 0.834. The van der Waals surface area contributed by atoms with Crippen molar-refractivity contribution >= 4 is 11.4 Å². The minimum absolute atomic E-state index is 0.105. The molecule has 20 heavy (non-hydrogen) atoms. The van der Waals surface area contributed by atoms with Crippen LogP contribution in [0.1, 0.15) is 32.8 Å². The zero-order valence-electron chi connectivity index (χ0n) is 13.0. The van der Waals surface area contributed by atoms with Gasteiger partial charge in [-0.05, 0) is 17.9 Å². The Morgan fingerprint density at radius 2 is 1.95 bits per heavy atom. The van der Waals surface area contributed by atoms with E-state index in [0.717, 1.165) is 19.0 Å². The molecule has 0 saturated heterocycles. The molecular formula is C16H24F2N2. The van der Waals surface area contributed by atoms with Gasteiger partial charge in [-0.1, -0.05) is 27.4 Å². The minimum atomic E-state index is -0.597. The van der Waals surface area contributed by atoms with E-state index in [1.807, 2.05) is 11.9 Å². The Morgan fingerprint density at radius 1 is 1.35 bits per heavy atom. The lowest BCUT2D eigenvalue weighted by molar-refractivity contribution is 0.260. The monoisotopic (exact) mass is 282 g/mol. The highest BCUT2D eigenvalue weighted by Crippen LogP contribution is 2.31. The van der Waals surface area contributed by atoms with Gasteiger partial charge in [0.1, 0.15) is 11.6 Å². The molecule has 0 aliphatic rings. The van der Waals surface area contributed by atoms with E-state index in [2.05, 4.69) is 32.7 Å². The molecule has 1 aromatic carbocycles. The average Bonchev–Trinajstić information content (AvgIpc) is 2.36. The van der Waals surface area contributed by atoms with Crippen molar-refractivity contribution < 1.29 is 8.78 Å². The smallest absolute Gasteiger partial charge is 0.137 e. The number of anilines is 1. The largest absolute Gasteiger partial charge is 0.387 e. The maximum atomic E-state index is 14.1. The van der Waals surface area contributed by atoms with Gasteiger partial charge in [0.2, 0.25) is 0 Å². The van der Waals surface area contributed by atoms with Gasteiger partial charge in [-0.15, -0.1) is 0 Å². The van der Waals surface area contributed by atoms with Crippen LogP contribution in [0, 0.1) is 17.0 Å². The molecule has 0 aliphatic heterocycles. The van der Waals surface area contributed by atoms with Crippen LogP contribution in [0.5, 0.6) is 0 Å². The number of nitrogens with zero attached hydrogens (tertiary/aromatic N) is 1. The van der Waals surface area contributed by atoms with Gasteiger partial charge in [0.15, 0.2) is 0 Å². The molecule has 0 bridgehead atoms. The van der Waals surface area contributed by atoms with Crippen LogP contribution < -0.4 is 5.32 Å². The zero-order valence-corrected chi connectivity index (χ0v) is 13.0. The Morgan fingerprint density at radius 3 is 2.45 bits per heavy atom. The number of halogens is 2. The lowest BCUT2D eigenvalue weighted by Gasteiger charge is -2.32. The standard InChI is InChI=1S/C16H24F2N2/c1-7-16(3,4)10-20(6)11(2)15-13(18)8-12(17)9-14(15)19-5/h8-9,19H,2,7,10H2,1,3-6H3. The third kappa shape index (κ3) is 3.71. The van der Waals surface area contributed by atoms with Crippen LogP contribution in [0.2, 0.25) is 0 Å². The average molecular weight is 282 g/mol. The van der Waals surface area contributed by atoms with Gasteiger partial charge in [-0.3, -0.25) is 0 Å². The van der Waals surface area contributed by atoms with E-state index >= 15 is 0 Å². The lowest BCUT2D eigenvalue weighted by Crippen LogP contribution is -2.30. The Kier molecular flexibility index (Phi) is 5.15. The van der Waals surface area contributed by atoms with Crippen LogP contribution in [-0.2, 0) is 0 Å². The lowest BCUT2D eigenvalue weighted by atomic mass is 9.89. The van der Waals surface area contributed by atoms with E-state index < -0.39 is 11.6 Å². The second-order valence-corrected chi connectivity index (χ2v) is 5.88. The van der Waals surface area contributed by atoms with E-state index in [1.54, 1.807) is 7.05 Å². The minimum Gasteiger partial charge on any atom is -0.387 e. The number of hydrogen-bond acceptors (Lipinski definition) is 2. The highest BCUT2D eigenvalue weighted by atomic mass is 19.1. The van der Waals surface area contributed by atoms with E-state index in [9.17, 15) is 8.78 Å². The first-order chi connectivity index (χ1) is 9.21. The van der Waals surface area contributed by atoms with Gasteiger partial charge >= 0.3 is 0 Å². The molecule has 112 valence electrons. The summed E-state index contributed by atoms with van der Waals surface area (Å²) in [7, 11) is 3.52. The topological polar surface area (TPSA) is 15.3 Å². The van der Waals surface area contributed by atoms with E-state index in [-0.39, 0.29) is 5.41 Å². The molecule has 0 atom stereocenters. The van der Waals surface area contributed by atoms with Gasteiger partial charge < -0.3 is 10.2 Å². The number of rotatable bonds is 6. The second kappa shape index (κ2) is 6.25. The van der Waals surface area contributed by atoms with Crippen molar-refractivity contribution in [3.05, 3.63) is 35.9 Å². The SMILES string of the molecule is C=C(c1c(F)cc(F)cc1NC)N(C)CC(C)(C)CC. The third-order valence-electron chi connectivity index (χ3n) is 3.70. The first-order valence-corrected chi connectivity index (χ1v) is 6.79. The van der Waals surface area contributed by atoms with Gasteiger partial charge in [-0.25, -0.2) is 8.78 Å². The molecule has 0 fully saturated rings. The van der Waals surface area contributed by atoms with Crippen LogP contribution in [0.3, 0.4) is 0 Å². The number of hydrogen-bond donors (Lipinski definition) is 1. The Hall–Kier alpha value is -1.58. The maximum Gasteiger partial charge on any atom is 0.137 e. The van der Waals surface area contributed by atoms with Crippen molar-refractivity contribution in [2.24, 2.45) is 5.41 Å². The number of benzene rings is 1. The summed E-state index contributed by atoms with van der Waals surface area (Å²) in [5.74, 6) is -1.19. The van der Waals surface area contributed by atoms with Crippen molar-refractivity contribution in [3.63, 3.8) is 0 Å². The Bertz CT molecular complexity index is 495. The van der Waals surface area contributed by atoms with Crippen molar-refractivity contribution in [2.75, 3.05) is 26.0 Å². The molecule has 4 heteroatoms. The molecule has 0 radical (unpaired) electrons. The van der Waals surface area contributed by atoms with Crippen molar-refractivity contribution in [1.82, 2.24) is 4.90 Å². The van der Waals surface area contributed by atoms with E-state index in [1.165, 1.54) is 6.07 Å². The summed E-state index contributed by atoms with van der Waals surface area (Å²) in [6.07, 6.45) is 1.01. The molecule has 0 aliphatic carbocycles. The highest BCUT2D eigenvalue weighted by molar-refractivity contribution is 5.74. The van der Waals surface area contributed by atoms with E-state index in [0.29, 0.717) is 16.9 Å². The molecule has 0 saturated carbocycles. The van der Waals surface area contributed by atoms with Gasteiger partial charge in [0.05, 0.1) is 5.56 Å². The maximum absolute atomic E-state index is 14.1. The Balaban J connectivity index is 3.09. The third-order valence-corrected chi connectivity index (χ3v) is 3.70. The number of nitrogens with one attached hydrogen (secondary N) is 1. The van der Waals surface area contributed by atoms with Crippen LogP contribution >= 0.6 is 0 Å². The summed E-state index contributed by atoms with van der Waals surface area (Å²) in [5, 5.41) is 2.82. The molecule has 2 nitrogen and oxygen atoms in total. The molecule has 0 amide bonds. The van der Waals surface area contributed by atoms with Gasteiger partial charge in [0, 0.05) is 38.1 Å². The highest BCUT2D eigenvalue weighted by Gasteiger charge is 2.22. The predicted molar refractivity (Wildman–Crippen MR) is 81.6 cm³/mol. The van der Waals surface area contributed by atoms with Crippen LogP contribution in [0.4, 0.5) is 14.5 Å². The summed E-state index contributed by atoms with van der Waals surface area (Å²) in [6.45, 7) is 11.1. The van der Waals surface area contributed by atoms with E-state index in [4.69, 9.17) is 0 Å². The molecule has 1 N–H and O–H groups in total.